The van der Waals surface area contributed by atoms with Gasteiger partial charge in [-0.15, -0.1) is 0 Å². The lowest BCUT2D eigenvalue weighted by molar-refractivity contribution is -0.115. The Bertz CT molecular complexity index is 775. The number of morpholine rings is 1. The number of anilines is 3. The molecule has 1 aliphatic rings. The topological polar surface area (TPSA) is 53.6 Å². The Morgan fingerprint density at radius 1 is 1.04 bits per heavy atom. The van der Waals surface area contributed by atoms with E-state index in [0.29, 0.717) is 13.0 Å². The van der Waals surface area contributed by atoms with Crippen molar-refractivity contribution in [1.29, 1.82) is 0 Å². The van der Waals surface area contributed by atoms with Crippen molar-refractivity contribution in [3.05, 3.63) is 54.1 Å². The summed E-state index contributed by atoms with van der Waals surface area (Å²) in [6, 6.07) is 16.4. The highest BCUT2D eigenvalue weighted by Crippen LogP contribution is 2.26. The Morgan fingerprint density at radius 2 is 1.71 bits per heavy atom. The molecule has 0 aliphatic carbocycles. The molecule has 1 saturated heterocycles. The van der Waals surface area contributed by atoms with Crippen molar-refractivity contribution < 1.29 is 9.53 Å². The van der Waals surface area contributed by atoms with Crippen LogP contribution >= 0.6 is 0 Å². The second kappa shape index (κ2) is 9.11. The van der Waals surface area contributed by atoms with Gasteiger partial charge >= 0.3 is 0 Å². The first-order valence-corrected chi connectivity index (χ1v) is 9.99. The minimum atomic E-state index is 0.0134. The van der Waals surface area contributed by atoms with Crippen LogP contribution in [0.3, 0.4) is 0 Å². The summed E-state index contributed by atoms with van der Waals surface area (Å²) in [5.74, 6) is 0.0134. The van der Waals surface area contributed by atoms with Gasteiger partial charge in [-0.25, -0.2) is 0 Å². The standard InChI is InChI=1S/C23H31N3O2/c1-23(2,3)18-8-10-19(11-9-18)24-13-12-22(27)25-20-6-4-5-7-21(20)26-14-16-28-17-15-26/h4-11,24H,12-17H2,1-3H3,(H,25,27). The zero-order valence-corrected chi connectivity index (χ0v) is 17.1. The van der Waals surface area contributed by atoms with Gasteiger partial charge in [-0.05, 0) is 35.2 Å². The second-order valence-electron chi connectivity index (χ2n) is 8.17. The summed E-state index contributed by atoms with van der Waals surface area (Å²) in [5.41, 5.74) is 4.41. The van der Waals surface area contributed by atoms with E-state index in [2.05, 4.69) is 66.6 Å². The van der Waals surface area contributed by atoms with Crippen LogP contribution in [0.15, 0.2) is 48.5 Å². The van der Waals surface area contributed by atoms with Crippen LogP contribution in [0.1, 0.15) is 32.8 Å². The zero-order chi connectivity index (χ0) is 20.0. The van der Waals surface area contributed by atoms with Crippen molar-refractivity contribution in [1.82, 2.24) is 0 Å². The number of hydrogen-bond acceptors (Lipinski definition) is 4. The number of amides is 1. The fourth-order valence-electron chi connectivity index (χ4n) is 3.28. The Labute approximate surface area is 168 Å². The van der Waals surface area contributed by atoms with Gasteiger partial charge in [0.1, 0.15) is 0 Å². The van der Waals surface area contributed by atoms with Gasteiger partial charge in [0, 0.05) is 31.7 Å². The van der Waals surface area contributed by atoms with Gasteiger partial charge in [0.15, 0.2) is 0 Å². The molecule has 1 amide bonds. The molecule has 0 radical (unpaired) electrons. The lowest BCUT2D eigenvalue weighted by Crippen LogP contribution is -2.36. The van der Waals surface area contributed by atoms with Crippen LogP contribution in [0.4, 0.5) is 17.1 Å². The molecular formula is C23H31N3O2. The summed E-state index contributed by atoms with van der Waals surface area (Å²) in [6.45, 7) is 10.3. The minimum Gasteiger partial charge on any atom is -0.385 e. The smallest absolute Gasteiger partial charge is 0.226 e. The predicted molar refractivity (Wildman–Crippen MR) is 116 cm³/mol. The normalized spacial score (nSPS) is 14.6. The largest absolute Gasteiger partial charge is 0.385 e. The van der Waals surface area contributed by atoms with Gasteiger partial charge in [0.2, 0.25) is 5.91 Å². The SMILES string of the molecule is CC(C)(C)c1ccc(NCCC(=O)Nc2ccccc2N2CCOCC2)cc1. The zero-order valence-electron chi connectivity index (χ0n) is 17.1. The molecule has 0 spiro atoms. The van der Waals surface area contributed by atoms with Gasteiger partial charge in [0.25, 0.3) is 0 Å². The molecule has 5 nitrogen and oxygen atoms in total. The summed E-state index contributed by atoms with van der Waals surface area (Å²) < 4.78 is 5.43. The van der Waals surface area contributed by atoms with Crippen LogP contribution in [0.25, 0.3) is 0 Å². The van der Waals surface area contributed by atoms with Crippen molar-refractivity contribution >= 4 is 23.0 Å². The Kier molecular flexibility index (Phi) is 6.57. The molecule has 2 N–H and O–H groups in total. The number of hydrogen-bond donors (Lipinski definition) is 2. The first kappa shape index (κ1) is 20.2. The Hall–Kier alpha value is -2.53. The molecule has 0 saturated carbocycles. The van der Waals surface area contributed by atoms with Crippen molar-refractivity contribution in [2.75, 3.05) is 48.4 Å². The lowest BCUT2D eigenvalue weighted by atomic mass is 9.87. The van der Waals surface area contributed by atoms with E-state index < -0.39 is 0 Å². The highest BCUT2D eigenvalue weighted by molar-refractivity contribution is 5.94. The highest BCUT2D eigenvalue weighted by atomic mass is 16.5. The van der Waals surface area contributed by atoms with E-state index in [9.17, 15) is 4.79 Å². The second-order valence-corrected chi connectivity index (χ2v) is 8.17. The average Bonchev–Trinajstić information content (AvgIpc) is 2.69. The third-order valence-corrected chi connectivity index (χ3v) is 4.96. The number of carbonyl (C=O) groups excluding carboxylic acids is 1. The van der Waals surface area contributed by atoms with Gasteiger partial charge < -0.3 is 20.3 Å². The fraction of sp³-hybridized carbons (Fsp3) is 0.435. The Morgan fingerprint density at radius 3 is 2.39 bits per heavy atom. The Balaban J connectivity index is 1.51. The average molecular weight is 382 g/mol. The summed E-state index contributed by atoms with van der Waals surface area (Å²) in [7, 11) is 0. The first-order valence-electron chi connectivity index (χ1n) is 9.99. The third kappa shape index (κ3) is 5.49. The number of nitrogens with one attached hydrogen (secondary N) is 2. The van der Waals surface area contributed by atoms with E-state index in [1.54, 1.807) is 0 Å². The van der Waals surface area contributed by atoms with Crippen molar-refractivity contribution in [3.63, 3.8) is 0 Å². The van der Waals surface area contributed by atoms with E-state index in [4.69, 9.17) is 4.74 Å². The van der Waals surface area contributed by atoms with E-state index >= 15 is 0 Å². The maximum absolute atomic E-state index is 12.4. The molecule has 0 aromatic heterocycles. The maximum Gasteiger partial charge on any atom is 0.226 e. The molecule has 28 heavy (non-hydrogen) atoms. The van der Waals surface area contributed by atoms with Gasteiger partial charge in [-0.1, -0.05) is 45.0 Å². The van der Waals surface area contributed by atoms with Crippen LogP contribution in [0, 0.1) is 0 Å². The third-order valence-electron chi connectivity index (χ3n) is 4.96. The summed E-state index contributed by atoms with van der Waals surface area (Å²) in [5, 5.41) is 6.39. The first-order chi connectivity index (χ1) is 13.4. The van der Waals surface area contributed by atoms with Crippen LogP contribution in [-0.2, 0) is 14.9 Å². The molecule has 1 aliphatic heterocycles. The van der Waals surface area contributed by atoms with Crippen molar-refractivity contribution in [3.8, 4) is 0 Å². The lowest BCUT2D eigenvalue weighted by Gasteiger charge is -2.30. The van der Waals surface area contributed by atoms with Gasteiger partial charge in [-0.3, -0.25) is 4.79 Å². The van der Waals surface area contributed by atoms with E-state index in [1.807, 2.05) is 18.2 Å². The van der Waals surface area contributed by atoms with Gasteiger partial charge in [-0.2, -0.15) is 0 Å². The molecule has 3 rings (SSSR count). The van der Waals surface area contributed by atoms with Crippen LogP contribution < -0.4 is 15.5 Å². The number of nitrogens with zero attached hydrogens (tertiary/aromatic N) is 1. The maximum atomic E-state index is 12.4. The van der Waals surface area contributed by atoms with Crippen molar-refractivity contribution in [2.24, 2.45) is 0 Å². The fourth-order valence-corrected chi connectivity index (χ4v) is 3.28. The number of rotatable bonds is 6. The summed E-state index contributed by atoms with van der Waals surface area (Å²) >= 11 is 0. The van der Waals surface area contributed by atoms with E-state index in [-0.39, 0.29) is 11.3 Å². The number of carbonyl (C=O) groups is 1. The van der Waals surface area contributed by atoms with E-state index in [0.717, 1.165) is 43.4 Å². The van der Waals surface area contributed by atoms with Crippen molar-refractivity contribution in [2.45, 2.75) is 32.6 Å². The van der Waals surface area contributed by atoms with Gasteiger partial charge in [0.05, 0.1) is 24.6 Å². The number of ether oxygens (including phenoxy) is 1. The molecule has 0 atom stereocenters. The molecule has 2 aromatic carbocycles. The van der Waals surface area contributed by atoms with Crippen LogP contribution in [-0.4, -0.2) is 38.8 Å². The quantitative estimate of drug-likeness (QED) is 0.785. The van der Waals surface area contributed by atoms with E-state index in [1.165, 1.54) is 5.56 Å². The highest BCUT2D eigenvalue weighted by Gasteiger charge is 2.16. The van der Waals surface area contributed by atoms with Crippen LogP contribution in [0.5, 0.6) is 0 Å². The number of para-hydroxylation sites is 2. The minimum absolute atomic E-state index is 0.0134. The molecule has 0 bridgehead atoms. The summed E-state index contributed by atoms with van der Waals surface area (Å²) in [4.78, 5) is 14.7. The molecule has 1 heterocycles. The molecule has 2 aromatic rings. The predicted octanol–water partition coefficient (Wildman–Crippen LogP) is 4.26. The number of benzene rings is 2. The molecule has 150 valence electrons. The molecule has 1 fully saturated rings. The van der Waals surface area contributed by atoms with Crippen LogP contribution in [0.2, 0.25) is 0 Å². The molecule has 0 unspecified atom stereocenters. The monoisotopic (exact) mass is 381 g/mol. The molecule has 5 heteroatoms. The molecular weight excluding hydrogens is 350 g/mol. The summed E-state index contributed by atoms with van der Waals surface area (Å²) in [6.07, 6.45) is 0.415.